The van der Waals surface area contributed by atoms with Crippen molar-refractivity contribution >= 4 is 17.9 Å². The number of aryl methyl sites for hydroxylation is 1. The van der Waals surface area contributed by atoms with Crippen LogP contribution < -0.4 is 5.43 Å². The number of hydrazine groups is 1. The molecule has 2 amide bonds. The summed E-state index contributed by atoms with van der Waals surface area (Å²) in [6.07, 6.45) is 0.517. The maximum absolute atomic E-state index is 13.5. The SMILES string of the molecule is COC[C@H](Cc1ccccc1)N=C1c2ccccc2CC[C@@H]1N(NC(=O)OC(C)(C)C)C(=O)OC(C)(C)C. The number of carbonyl (C=O) groups is 2. The lowest BCUT2D eigenvalue weighted by atomic mass is 9.86. The quantitative estimate of drug-likeness (QED) is 0.489. The summed E-state index contributed by atoms with van der Waals surface area (Å²) in [5, 5.41) is 1.24. The van der Waals surface area contributed by atoms with Crippen LogP contribution in [-0.4, -0.2) is 59.9 Å². The maximum atomic E-state index is 13.5. The lowest BCUT2D eigenvalue weighted by molar-refractivity contribution is -0.00404. The number of methoxy groups -OCH3 is 1. The molecule has 2 atom stereocenters. The number of amides is 2. The Morgan fingerprint density at radius 1 is 0.974 bits per heavy atom. The number of aliphatic imine (C=N–C) groups is 1. The average molecular weight is 524 g/mol. The van der Waals surface area contributed by atoms with Crippen molar-refractivity contribution in [2.75, 3.05) is 13.7 Å². The third-order valence-electron chi connectivity index (χ3n) is 5.80. The lowest BCUT2D eigenvalue weighted by Gasteiger charge is -2.37. The fraction of sp³-hybridized carbons (Fsp3) is 0.500. The Morgan fingerprint density at radius 2 is 1.61 bits per heavy atom. The summed E-state index contributed by atoms with van der Waals surface area (Å²) in [5.41, 5.74) is 5.08. The van der Waals surface area contributed by atoms with Crippen molar-refractivity contribution in [3.8, 4) is 0 Å². The molecule has 0 aliphatic heterocycles. The summed E-state index contributed by atoms with van der Waals surface area (Å²) < 4.78 is 16.7. The second kappa shape index (κ2) is 12.4. The number of rotatable bonds is 6. The van der Waals surface area contributed by atoms with Gasteiger partial charge in [0, 0.05) is 12.7 Å². The van der Waals surface area contributed by atoms with Crippen LogP contribution in [0, 0.1) is 0 Å². The zero-order chi connectivity index (χ0) is 27.9. The molecule has 1 N–H and O–H groups in total. The molecular formula is C30H41N3O5. The molecule has 3 rings (SSSR count). The molecule has 0 radical (unpaired) electrons. The van der Waals surface area contributed by atoms with E-state index in [1.165, 1.54) is 5.01 Å². The van der Waals surface area contributed by atoms with Crippen LogP contribution >= 0.6 is 0 Å². The molecule has 2 aromatic rings. The Kier molecular flexibility index (Phi) is 9.55. The number of hydrogen-bond acceptors (Lipinski definition) is 6. The molecule has 0 fully saturated rings. The van der Waals surface area contributed by atoms with Crippen LogP contribution in [0.3, 0.4) is 0 Å². The Morgan fingerprint density at radius 3 is 2.24 bits per heavy atom. The number of fused-ring (bicyclic) bond motifs is 1. The van der Waals surface area contributed by atoms with E-state index in [0.717, 1.165) is 16.7 Å². The van der Waals surface area contributed by atoms with Gasteiger partial charge in [-0.25, -0.2) is 20.0 Å². The Labute approximate surface area is 226 Å². The molecule has 0 spiro atoms. The topological polar surface area (TPSA) is 89.5 Å². The van der Waals surface area contributed by atoms with Gasteiger partial charge in [-0.1, -0.05) is 54.6 Å². The number of carbonyl (C=O) groups excluding carboxylic acids is 2. The molecule has 2 aromatic carbocycles. The first-order valence-electron chi connectivity index (χ1n) is 13.1. The van der Waals surface area contributed by atoms with Gasteiger partial charge in [0.1, 0.15) is 11.2 Å². The summed E-state index contributed by atoms with van der Waals surface area (Å²) in [5.74, 6) is 0. The highest BCUT2D eigenvalue weighted by atomic mass is 16.6. The van der Waals surface area contributed by atoms with E-state index in [1.807, 2.05) is 36.4 Å². The second-order valence-electron chi connectivity index (χ2n) is 11.5. The van der Waals surface area contributed by atoms with Crippen molar-refractivity contribution in [3.05, 3.63) is 71.3 Å². The molecule has 0 heterocycles. The molecule has 1 aliphatic carbocycles. The van der Waals surface area contributed by atoms with Crippen LogP contribution in [0.5, 0.6) is 0 Å². The van der Waals surface area contributed by atoms with E-state index in [4.69, 9.17) is 19.2 Å². The van der Waals surface area contributed by atoms with Crippen LogP contribution in [-0.2, 0) is 27.1 Å². The highest BCUT2D eigenvalue weighted by Crippen LogP contribution is 2.27. The van der Waals surface area contributed by atoms with Gasteiger partial charge < -0.3 is 14.2 Å². The average Bonchev–Trinajstić information content (AvgIpc) is 2.81. The molecule has 1 aliphatic rings. The van der Waals surface area contributed by atoms with Crippen LogP contribution in [0.4, 0.5) is 9.59 Å². The highest BCUT2D eigenvalue weighted by molar-refractivity contribution is 6.07. The van der Waals surface area contributed by atoms with Crippen molar-refractivity contribution in [1.82, 2.24) is 10.4 Å². The Balaban J connectivity index is 2.06. The van der Waals surface area contributed by atoms with Gasteiger partial charge in [-0.2, -0.15) is 0 Å². The smallest absolute Gasteiger partial charge is 0.429 e. The first-order valence-corrected chi connectivity index (χ1v) is 13.1. The van der Waals surface area contributed by atoms with E-state index >= 15 is 0 Å². The fourth-order valence-corrected chi connectivity index (χ4v) is 4.38. The number of benzene rings is 2. The molecular weight excluding hydrogens is 482 g/mol. The van der Waals surface area contributed by atoms with Crippen molar-refractivity contribution < 1.29 is 23.8 Å². The third kappa shape index (κ3) is 8.58. The summed E-state index contributed by atoms with van der Waals surface area (Å²) in [7, 11) is 1.65. The van der Waals surface area contributed by atoms with Gasteiger partial charge in [-0.3, -0.25) is 4.99 Å². The third-order valence-corrected chi connectivity index (χ3v) is 5.80. The lowest BCUT2D eigenvalue weighted by Crippen LogP contribution is -2.58. The van der Waals surface area contributed by atoms with Crippen molar-refractivity contribution in [2.45, 2.75) is 84.1 Å². The molecule has 0 saturated heterocycles. The first-order chi connectivity index (χ1) is 17.9. The standard InChI is InChI=1S/C30H41N3O5/c1-29(2,3)37-27(34)32-33(28(35)38-30(4,5)6)25-18-17-22-15-11-12-16-24(22)26(25)31-23(20-36-7)19-21-13-9-8-10-14-21/h8-16,23,25H,17-20H2,1-7H3,(H,32,34)/t23-,25-/m0/s1. The predicted molar refractivity (Wildman–Crippen MR) is 148 cm³/mol. The van der Waals surface area contributed by atoms with Gasteiger partial charge in [0.05, 0.1) is 24.4 Å². The second-order valence-corrected chi connectivity index (χ2v) is 11.5. The van der Waals surface area contributed by atoms with Crippen LogP contribution in [0.2, 0.25) is 0 Å². The minimum absolute atomic E-state index is 0.201. The number of hydrogen-bond donors (Lipinski definition) is 1. The van der Waals surface area contributed by atoms with Gasteiger partial charge in [-0.05, 0) is 71.9 Å². The number of nitrogens with one attached hydrogen (secondary N) is 1. The van der Waals surface area contributed by atoms with Crippen molar-refractivity contribution in [1.29, 1.82) is 0 Å². The van der Waals surface area contributed by atoms with E-state index < -0.39 is 29.4 Å². The van der Waals surface area contributed by atoms with Crippen LogP contribution in [0.1, 0.15) is 64.7 Å². The van der Waals surface area contributed by atoms with Crippen LogP contribution in [0.15, 0.2) is 59.6 Å². The van der Waals surface area contributed by atoms with E-state index in [1.54, 1.807) is 48.7 Å². The van der Waals surface area contributed by atoms with Crippen molar-refractivity contribution in [2.24, 2.45) is 4.99 Å². The van der Waals surface area contributed by atoms with Gasteiger partial charge >= 0.3 is 12.2 Å². The maximum Gasteiger partial charge on any atom is 0.429 e. The monoisotopic (exact) mass is 523 g/mol. The number of nitrogens with zero attached hydrogens (tertiary/aromatic N) is 2. The van der Waals surface area contributed by atoms with Gasteiger partial charge in [0.15, 0.2) is 0 Å². The van der Waals surface area contributed by atoms with E-state index in [-0.39, 0.29) is 6.04 Å². The Bertz CT molecular complexity index is 1120. The molecule has 8 nitrogen and oxygen atoms in total. The minimum atomic E-state index is -0.763. The van der Waals surface area contributed by atoms with Crippen molar-refractivity contribution in [3.63, 3.8) is 0 Å². The van der Waals surface area contributed by atoms with Gasteiger partial charge in [-0.15, -0.1) is 0 Å². The predicted octanol–water partition coefficient (Wildman–Crippen LogP) is 5.73. The summed E-state index contributed by atoms with van der Waals surface area (Å²) in [6, 6.07) is 17.4. The van der Waals surface area contributed by atoms with Crippen LogP contribution in [0.25, 0.3) is 0 Å². The molecule has 0 aromatic heterocycles. The molecule has 0 unspecified atom stereocenters. The fourth-order valence-electron chi connectivity index (χ4n) is 4.38. The minimum Gasteiger partial charge on any atom is -0.443 e. The zero-order valence-electron chi connectivity index (χ0n) is 23.6. The summed E-state index contributed by atoms with van der Waals surface area (Å²) in [4.78, 5) is 31.5. The van der Waals surface area contributed by atoms with E-state index in [0.29, 0.717) is 31.6 Å². The molecule has 0 bridgehead atoms. The Hall–Kier alpha value is -3.39. The normalized spacial score (nSPS) is 17.3. The molecule has 8 heteroatoms. The van der Waals surface area contributed by atoms with E-state index in [2.05, 4.69) is 23.6 Å². The molecule has 0 saturated carbocycles. The van der Waals surface area contributed by atoms with Gasteiger partial charge in [0.2, 0.25) is 0 Å². The molecule has 206 valence electrons. The summed E-state index contributed by atoms with van der Waals surface area (Å²) in [6.45, 7) is 11.1. The largest absolute Gasteiger partial charge is 0.443 e. The zero-order valence-corrected chi connectivity index (χ0v) is 23.6. The van der Waals surface area contributed by atoms with E-state index in [9.17, 15) is 9.59 Å². The summed E-state index contributed by atoms with van der Waals surface area (Å²) >= 11 is 0. The molecule has 38 heavy (non-hydrogen) atoms. The highest BCUT2D eigenvalue weighted by Gasteiger charge is 2.37. The number of ether oxygens (including phenoxy) is 3. The van der Waals surface area contributed by atoms with Gasteiger partial charge in [0.25, 0.3) is 0 Å². The first kappa shape index (κ1) is 29.2.